The molecule has 0 spiro atoms. The van der Waals surface area contributed by atoms with Crippen molar-refractivity contribution in [3.8, 4) is 5.75 Å². The van der Waals surface area contributed by atoms with Crippen LogP contribution in [0.2, 0.25) is 0 Å². The van der Waals surface area contributed by atoms with Crippen LogP contribution in [0.5, 0.6) is 5.75 Å². The van der Waals surface area contributed by atoms with Gasteiger partial charge in [0.1, 0.15) is 5.75 Å². The summed E-state index contributed by atoms with van der Waals surface area (Å²) in [5.41, 5.74) is 1.11. The van der Waals surface area contributed by atoms with Crippen molar-refractivity contribution in [3.63, 3.8) is 0 Å². The van der Waals surface area contributed by atoms with E-state index in [1.807, 2.05) is 24.3 Å². The van der Waals surface area contributed by atoms with Crippen LogP contribution in [0.15, 0.2) is 30.8 Å². The zero-order valence-corrected chi connectivity index (χ0v) is 12.3. The molecule has 0 N–H and O–H groups in total. The third-order valence-electron chi connectivity index (χ3n) is 1.35. The van der Waals surface area contributed by atoms with Gasteiger partial charge in [-0.15, -0.1) is 0 Å². The third-order valence-corrected chi connectivity index (χ3v) is 1.35. The van der Waals surface area contributed by atoms with Crippen molar-refractivity contribution < 1.29 is 56.5 Å². The molecule has 0 amide bonds. The van der Waals surface area contributed by atoms with Crippen LogP contribution in [0.4, 0.5) is 51.8 Å². The van der Waals surface area contributed by atoms with Gasteiger partial charge in [0.25, 0.3) is 0 Å². The van der Waals surface area contributed by atoms with Crippen molar-refractivity contribution in [2.24, 2.45) is 0 Å². The molecule has 0 saturated heterocycles. The Morgan fingerprint density at radius 1 is 0.680 bits per heavy atom. The Labute approximate surface area is 135 Å². The largest absolute Gasteiger partial charge is 0.673 e. The number of hydrogen-bond acceptors (Lipinski definition) is 1. The summed E-state index contributed by atoms with van der Waals surface area (Å²) in [5.74, 6) is 0.880. The molecule has 148 valence electrons. The van der Waals surface area contributed by atoms with E-state index in [-0.39, 0.29) is 0 Å². The maximum absolute atomic E-state index is 9.75. The minimum absolute atomic E-state index is 0.880. The zero-order chi connectivity index (χ0) is 20.9. The average Bonchev–Trinajstić information content (AvgIpc) is 2.33. The Morgan fingerprint density at radius 2 is 0.920 bits per heavy atom. The van der Waals surface area contributed by atoms with E-state index in [4.69, 9.17) is 4.74 Å². The highest BCUT2D eigenvalue weighted by molar-refractivity contribution is 6.50. The van der Waals surface area contributed by atoms with E-state index in [1.54, 1.807) is 13.2 Å². The lowest BCUT2D eigenvalue weighted by atomic mass is 10.2. The van der Waals surface area contributed by atoms with Gasteiger partial charge in [-0.3, -0.25) is 0 Å². The Balaban J connectivity index is -0.000000279. The first-order valence-corrected chi connectivity index (χ1v) is 5.75. The number of methoxy groups -OCH3 is 1. The van der Waals surface area contributed by atoms with Gasteiger partial charge < -0.3 is 56.5 Å². The second-order valence-electron chi connectivity index (χ2n) is 3.46. The summed E-state index contributed by atoms with van der Waals surface area (Å²) in [4.78, 5) is 0. The molecule has 0 fully saturated rings. The van der Waals surface area contributed by atoms with E-state index < -0.39 is 21.8 Å². The van der Waals surface area contributed by atoms with Gasteiger partial charge in [0, 0.05) is 0 Å². The highest BCUT2D eigenvalue weighted by Crippen LogP contribution is 2.11. The molecule has 0 radical (unpaired) electrons. The highest BCUT2D eigenvalue weighted by atomic mass is 19.5. The van der Waals surface area contributed by atoms with Crippen molar-refractivity contribution in [2.45, 2.75) is 0 Å². The monoisotopic (exact) mass is 395 g/mol. The molecule has 0 heterocycles. The van der Waals surface area contributed by atoms with Crippen LogP contribution in [0.3, 0.4) is 0 Å². The smallest absolute Gasteiger partial charge is 0.497 e. The molecule has 0 bridgehead atoms. The molecule has 0 aromatic heterocycles. The lowest BCUT2D eigenvalue weighted by Crippen LogP contribution is -2.02. The standard InChI is InChI=1S/C9H10O.3BF4/c1-3-8-4-6-9(10-2)7-5-8;3*2-1(3,4)5/h3-7H,1H2,2H3;;;/q;3*-1. The van der Waals surface area contributed by atoms with E-state index in [9.17, 15) is 51.8 Å². The fourth-order valence-corrected chi connectivity index (χ4v) is 0.740. The van der Waals surface area contributed by atoms with Gasteiger partial charge in [-0.1, -0.05) is 24.8 Å². The zero-order valence-electron chi connectivity index (χ0n) is 12.3. The van der Waals surface area contributed by atoms with Crippen LogP contribution in [-0.2, 0) is 0 Å². The van der Waals surface area contributed by atoms with Crippen molar-refractivity contribution >= 4 is 27.8 Å². The molecule has 16 heteroatoms. The molecule has 1 aromatic carbocycles. The normalized spacial score (nSPS) is 10.8. The van der Waals surface area contributed by atoms with Gasteiger partial charge in [0.2, 0.25) is 0 Å². The van der Waals surface area contributed by atoms with Crippen molar-refractivity contribution in [3.05, 3.63) is 36.4 Å². The molecular formula is C9H10B3F12O-3. The summed E-state index contributed by atoms with van der Waals surface area (Å²) in [6.07, 6.45) is 1.80. The van der Waals surface area contributed by atoms with Gasteiger partial charge in [-0.05, 0) is 17.7 Å². The summed E-state index contributed by atoms with van der Waals surface area (Å²) in [6, 6.07) is 7.76. The summed E-state index contributed by atoms with van der Waals surface area (Å²) in [6.45, 7) is 3.65. The number of ether oxygens (including phenoxy) is 1. The lowest BCUT2D eigenvalue weighted by molar-refractivity contribution is 0.366. The van der Waals surface area contributed by atoms with Crippen LogP contribution in [0.1, 0.15) is 5.56 Å². The topological polar surface area (TPSA) is 9.23 Å². The first kappa shape index (κ1) is 27.9. The fraction of sp³-hybridized carbons (Fsp3) is 0.111. The number of halogens is 12. The molecule has 25 heavy (non-hydrogen) atoms. The van der Waals surface area contributed by atoms with E-state index >= 15 is 0 Å². The number of rotatable bonds is 2. The average molecular weight is 395 g/mol. The van der Waals surface area contributed by atoms with Crippen LogP contribution >= 0.6 is 0 Å². The molecule has 0 saturated carbocycles. The second kappa shape index (κ2) is 12.5. The molecule has 0 unspecified atom stereocenters. The van der Waals surface area contributed by atoms with Gasteiger partial charge in [-0.2, -0.15) is 0 Å². The Kier molecular flexibility index (Phi) is 13.9. The van der Waals surface area contributed by atoms with E-state index in [1.165, 1.54) is 0 Å². The molecule has 1 aromatic rings. The Hall–Kier alpha value is -1.89. The molecule has 0 aliphatic carbocycles. The summed E-state index contributed by atoms with van der Waals surface area (Å²) < 4.78 is 122. The van der Waals surface area contributed by atoms with Crippen LogP contribution in [-0.4, -0.2) is 28.9 Å². The number of hydrogen-bond donors (Lipinski definition) is 0. The highest BCUT2D eigenvalue weighted by Gasteiger charge is 2.21. The van der Waals surface area contributed by atoms with Crippen molar-refractivity contribution in [1.82, 2.24) is 0 Å². The Bertz CT molecular complexity index is 406. The quantitative estimate of drug-likeness (QED) is 0.426. The van der Waals surface area contributed by atoms with Crippen LogP contribution in [0.25, 0.3) is 6.08 Å². The lowest BCUT2D eigenvalue weighted by Gasteiger charge is -1.97. The van der Waals surface area contributed by atoms with Crippen molar-refractivity contribution in [2.75, 3.05) is 7.11 Å². The minimum Gasteiger partial charge on any atom is -0.497 e. The van der Waals surface area contributed by atoms with Gasteiger partial charge in [0.05, 0.1) is 7.11 Å². The molecule has 0 atom stereocenters. The van der Waals surface area contributed by atoms with Gasteiger partial charge >= 0.3 is 21.8 Å². The van der Waals surface area contributed by atoms with Crippen LogP contribution < -0.4 is 4.74 Å². The fourth-order valence-electron chi connectivity index (χ4n) is 0.740. The predicted octanol–water partition coefficient (Wildman–Crippen LogP) is 6.24. The van der Waals surface area contributed by atoms with Crippen molar-refractivity contribution in [1.29, 1.82) is 0 Å². The van der Waals surface area contributed by atoms with Gasteiger partial charge in [-0.25, -0.2) is 0 Å². The predicted molar refractivity (Wildman–Crippen MR) is 73.6 cm³/mol. The first-order valence-electron chi connectivity index (χ1n) is 5.75. The minimum atomic E-state index is -6.00. The molecule has 0 aliphatic heterocycles. The van der Waals surface area contributed by atoms with E-state index in [2.05, 4.69) is 6.58 Å². The first-order chi connectivity index (χ1) is 10.9. The van der Waals surface area contributed by atoms with E-state index in [0.29, 0.717) is 0 Å². The maximum atomic E-state index is 9.75. The molecular weight excluding hydrogens is 385 g/mol. The summed E-state index contributed by atoms with van der Waals surface area (Å²) in [7, 11) is -16.3. The Morgan fingerprint density at radius 3 is 1.08 bits per heavy atom. The van der Waals surface area contributed by atoms with E-state index in [0.717, 1.165) is 11.3 Å². The SMILES string of the molecule is C=Cc1ccc(OC)cc1.F[B-](F)(F)F.F[B-](F)(F)F.F[B-](F)(F)F. The molecule has 1 nitrogen and oxygen atoms in total. The molecule has 0 aliphatic rings. The number of benzene rings is 1. The third kappa shape index (κ3) is 61.0. The second-order valence-corrected chi connectivity index (χ2v) is 3.46. The molecule has 1 rings (SSSR count). The van der Waals surface area contributed by atoms with Gasteiger partial charge in [0.15, 0.2) is 0 Å². The summed E-state index contributed by atoms with van der Waals surface area (Å²) in [5, 5.41) is 0. The maximum Gasteiger partial charge on any atom is 0.673 e. The van der Waals surface area contributed by atoms with Crippen LogP contribution in [0, 0.1) is 0 Å². The summed E-state index contributed by atoms with van der Waals surface area (Å²) >= 11 is 0.